The standard InChI is InChI=1S/C18H23N5O3S/c1-25-17-9-13(8-14(24)10-17)23-6-4-22(5-7-23)12-16-3-2-15(26-16)11-20-21-18(19)27/h2-3,8-11,24H,4-7,12H2,1H3,(H3,19,21,27)/b20-11+. The van der Waals surface area contributed by atoms with Crippen molar-refractivity contribution in [2.75, 3.05) is 38.2 Å². The number of aromatic hydroxyl groups is 1. The molecule has 3 rings (SSSR count). The summed E-state index contributed by atoms with van der Waals surface area (Å²) in [5.41, 5.74) is 8.77. The van der Waals surface area contributed by atoms with Gasteiger partial charge in [-0.2, -0.15) is 5.10 Å². The van der Waals surface area contributed by atoms with E-state index < -0.39 is 0 Å². The van der Waals surface area contributed by atoms with Gasteiger partial charge < -0.3 is 24.9 Å². The second kappa shape index (κ2) is 8.74. The summed E-state index contributed by atoms with van der Waals surface area (Å²) in [6.45, 7) is 4.24. The number of benzene rings is 1. The maximum atomic E-state index is 9.84. The van der Waals surface area contributed by atoms with Crippen molar-refractivity contribution in [2.45, 2.75) is 6.54 Å². The molecule has 1 fully saturated rings. The molecule has 1 aliphatic rings. The van der Waals surface area contributed by atoms with E-state index in [4.69, 9.17) is 14.9 Å². The summed E-state index contributed by atoms with van der Waals surface area (Å²) in [5, 5.41) is 13.8. The fourth-order valence-corrected chi connectivity index (χ4v) is 3.01. The molecule has 9 heteroatoms. The van der Waals surface area contributed by atoms with Gasteiger partial charge in [-0.05, 0) is 24.4 Å². The highest BCUT2D eigenvalue weighted by atomic mass is 32.1. The smallest absolute Gasteiger partial charge is 0.184 e. The van der Waals surface area contributed by atoms with Crippen molar-refractivity contribution in [1.29, 1.82) is 0 Å². The third-order valence-corrected chi connectivity index (χ3v) is 4.37. The summed E-state index contributed by atoms with van der Waals surface area (Å²) < 4.78 is 11.0. The minimum atomic E-state index is 0.111. The first-order valence-corrected chi connectivity index (χ1v) is 8.97. The second-order valence-electron chi connectivity index (χ2n) is 6.19. The Kier molecular flexibility index (Phi) is 6.15. The number of phenolic OH excluding ortho intramolecular Hbond substituents is 1. The molecule has 0 atom stereocenters. The third-order valence-electron chi connectivity index (χ3n) is 4.28. The minimum absolute atomic E-state index is 0.111. The van der Waals surface area contributed by atoms with Crippen molar-refractivity contribution in [1.82, 2.24) is 10.3 Å². The van der Waals surface area contributed by atoms with Crippen LogP contribution in [0, 0.1) is 0 Å². The molecule has 0 radical (unpaired) electrons. The van der Waals surface area contributed by atoms with Crippen molar-refractivity contribution < 1.29 is 14.3 Å². The predicted octanol–water partition coefficient (Wildman–Crippen LogP) is 1.48. The molecule has 1 aromatic carbocycles. The molecule has 8 nitrogen and oxygen atoms in total. The van der Waals surface area contributed by atoms with Crippen LogP contribution in [0.2, 0.25) is 0 Å². The first kappa shape index (κ1) is 19.0. The molecule has 2 heterocycles. The molecular formula is C18H23N5O3S. The van der Waals surface area contributed by atoms with Crippen molar-refractivity contribution in [3.05, 3.63) is 41.9 Å². The number of nitrogens with one attached hydrogen (secondary N) is 1. The molecule has 2 aromatic rings. The average molecular weight is 389 g/mol. The zero-order valence-electron chi connectivity index (χ0n) is 15.1. The molecule has 0 aliphatic carbocycles. The van der Waals surface area contributed by atoms with Crippen LogP contribution in [0.5, 0.6) is 11.5 Å². The van der Waals surface area contributed by atoms with E-state index in [2.05, 4.69) is 32.5 Å². The number of phenols is 1. The van der Waals surface area contributed by atoms with Crippen LogP contribution < -0.4 is 20.8 Å². The summed E-state index contributed by atoms with van der Waals surface area (Å²) >= 11 is 4.68. The lowest BCUT2D eigenvalue weighted by molar-refractivity contribution is 0.230. The highest BCUT2D eigenvalue weighted by Crippen LogP contribution is 2.28. The minimum Gasteiger partial charge on any atom is -0.508 e. The van der Waals surface area contributed by atoms with Gasteiger partial charge in [-0.3, -0.25) is 10.3 Å². The molecule has 1 aliphatic heterocycles. The van der Waals surface area contributed by atoms with Gasteiger partial charge in [0.2, 0.25) is 0 Å². The average Bonchev–Trinajstić information content (AvgIpc) is 3.08. The summed E-state index contributed by atoms with van der Waals surface area (Å²) in [5.74, 6) is 2.38. The normalized spacial score (nSPS) is 15.2. The van der Waals surface area contributed by atoms with Crippen molar-refractivity contribution in [2.24, 2.45) is 10.8 Å². The highest BCUT2D eigenvalue weighted by Gasteiger charge is 2.19. The van der Waals surface area contributed by atoms with Gasteiger partial charge in [-0.1, -0.05) is 0 Å². The number of nitrogens with two attached hydrogens (primary N) is 1. The van der Waals surface area contributed by atoms with Gasteiger partial charge in [0.25, 0.3) is 0 Å². The number of furan rings is 1. The number of hydrazone groups is 1. The van der Waals surface area contributed by atoms with Crippen LogP contribution in [0.4, 0.5) is 5.69 Å². The lowest BCUT2D eigenvalue weighted by Gasteiger charge is -2.35. The van der Waals surface area contributed by atoms with Crippen LogP contribution >= 0.6 is 12.2 Å². The number of methoxy groups -OCH3 is 1. The quantitative estimate of drug-likeness (QED) is 0.388. The molecule has 0 saturated carbocycles. The first-order chi connectivity index (χ1) is 13.0. The molecular weight excluding hydrogens is 366 g/mol. The Labute approximate surface area is 163 Å². The van der Waals surface area contributed by atoms with Gasteiger partial charge in [-0.15, -0.1) is 0 Å². The van der Waals surface area contributed by atoms with Crippen LogP contribution in [0.1, 0.15) is 11.5 Å². The Morgan fingerprint density at radius 3 is 2.81 bits per heavy atom. The third kappa shape index (κ3) is 5.35. The number of ether oxygens (including phenoxy) is 1. The van der Waals surface area contributed by atoms with E-state index in [0.717, 1.165) is 44.2 Å². The van der Waals surface area contributed by atoms with Gasteiger partial charge in [0, 0.05) is 50.1 Å². The molecule has 144 valence electrons. The van der Waals surface area contributed by atoms with E-state index in [9.17, 15) is 5.11 Å². The number of rotatable bonds is 6. The molecule has 0 bridgehead atoms. The first-order valence-electron chi connectivity index (χ1n) is 8.56. The number of nitrogens with zero attached hydrogens (tertiary/aromatic N) is 3. The van der Waals surface area contributed by atoms with Gasteiger partial charge in [-0.25, -0.2) is 0 Å². The molecule has 4 N–H and O–H groups in total. The van der Waals surface area contributed by atoms with E-state index in [1.54, 1.807) is 19.2 Å². The zero-order chi connectivity index (χ0) is 19.2. The van der Waals surface area contributed by atoms with E-state index >= 15 is 0 Å². The van der Waals surface area contributed by atoms with Crippen LogP contribution in [-0.4, -0.2) is 54.6 Å². The van der Waals surface area contributed by atoms with Crippen molar-refractivity contribution >= 4 is 29.2 Å². The number of hydrogen-bond acceptors (Lipinski definition) is 7. The summed E-state index contributed by atoms with van der Waals surface area (Å²) in [7, 11) is 1.60. The maximum Gasteiger partial charge on any atom is 0.184 e. The Hall–Kier alpha value is -2.78. The molecule has 0 amide bonds. The summed E-state index contributed by atoms with van der Waals surface area (Å²) in [6.07, 6.45) is 1.54. The van der Waals surface area contributed by atoms with Gasteiger partial charge in [0.15, 0.2) is 5.11 Å². The van der Waals surface area contributed by atoms with Crippen LogP contribution in [0.3, 0.4) is 0 Å². The van der Waals surface area contributed by atoms with Gasteiger partial charge in [0.05, 0.1) is 19.9 Å². The number of piperazine rings is 1. The van der Waals surface area contributed by atoms with E-state index in [1.807, 2.05) is 18.2 Å². The van der Waals surface area contributed by atoms with Gasteiger partial charge >= 0.3 is 0 Å². The van der Waals surface area contributed by atoms with E-state index in [1.165, 1.54) is 6.21 Å². The Morgan fingerprint density at radius 1 is 1.33 bits per heavy atom. The number of anilines is 1. The zero-order valence-corrected chi connectivity index (χ0v) is 15.9. The lowest BCUT2D eigenvalue weighted by Crippen LogP contribution is -2.45. The lowest BCUT2D eigenvalue weighted by atomic mass is 10.2. The molecule has 0 spiro atoms. The van der Waals surface area contributed by atoms with E-state index in [-0.39, 0.29) is 10.9 Å². The summed E-state index contributed by atoms with van der Waals surface area (Å²) in [6, 6.07) is 9.10. The Bertz CT molecular complexity index is 815. The molecule has 0 unspecified atom stereocenters. The second-order valence-corrected chi connectivity index (χ2v) is 6.63. The molecule has 1 saturated heterocycles. The predicted molar refractivity (Wildman–Crippen MR) is 108 cm³/mol. The highest BCUT2D eigenvalue weighted by molar-refractivity contribution is 7.80. The SMILES string of the molecule is COc1cc(O)cc(N2CCN(Cc3ccc(/C=N/NC(N)=S)o3)CC2)c1. The topological polar surface area (TPSA) is 99.5 Å². The van der Waals surface area contributed by atoms with Crippen LogP contribution in [-0.2, 0) is 6.54 Å². The van der Waals surface area contributed by atoms with Crippen molar-refractivity contribution in [3.63, 3.8) is 0 Å². The molecule has 1 aromatic heterocycles. The van der Waals surface area contributed by atoms with Crippen LogP contribution in [0.25, 0.3) is 0 Å². The number of hydrogen-bond donors (Lipinski definition) is 3. The van der Waals surface area contributed by atoms with E-state index in [0.29, 0.717) is 11.5 Å². The fraction of sp³-hybridized carbons (Fsp3) is 0.333. The number of thiocarbonyl (C=S) groups is 1. The largest absolute Gasteiger partial charge is 0.508 e. The summed E-state index contributed by atoms with van der Waals surface area (Å²) in [4.78, 5) is 4.56. The monoisotopic (exact) mass is 389 g/mol. The molecule has 27 heavy (non-hydrogen) atoms. The maximum absolute atomic E-state index is 9.84. The Balaban J connectivity index is 1.53. The van der Waals surface area contributed by atoms with Crippen molar-refractivity contribution in [3.8, 4) is 11.5 Å². The fourth-order valence-electron chi connectivity index (χ4n) is 2.96. The Morgan fingerprint density at radius 2 is 2.11 bits per heavy atom. The van der Waals surface area contributed by atoms with Crippen LogP contribution in [0.15, 0.2) is 39.9 Å². The van der Waals surface area contributed by atoms with Gasteiger partial charge in [0.1, 0.15) is 23.0 Å².